The number of methoxy groups -OCH3 is 1. The molecule has 0 atom stereocenters. The van der Waals surface area contributed by atoms with Gasteiger partial charge in [0.1, 0.15) is 0 Å². The summed E-state index contributed by atoms with van der Waals surface area (Å²) in [5.41, 5.74) is 0.663. The lowest BCUT2D eigenvalue weighted by Crippen LogP contribution is -2.27. The Balaban J connectivity index is 2.08. The number of hydrogen-bond donors (Lipinski definition) is 1. The molecule has 1 aromatic heterocycles. The fraction of sp³-hybridized carbons (Fsp3) is 0.250. The van der Waals surface area contributed by atoms with Crippen LogP contribution in [0.15, 0.2) is 28.7 Å². The molecule has 0 fully saturated rings. The maximum Gasteiger partial charge on any atom is 0.308 e. The van der Waals surface area contributed by atoms with Crippen molar-refractivity contribution in [3.05, 3.63) is 35.2 Å². The normalized spacial score (nSPS) is 10.4. The van der Waals surface area contributed by atoms with Crippen LogP contribution in [0.5, 0.6) is 0 Å². The van der Waals surface area contributed by atoms with E-state index in [0.29, 0.717) is 23.7 Å². The Labute approximate surface area is 114 Å². The quantitative estimate of drug-likeness (QED) is 0.845. The lowest BCUT2D eigenvalue weighted by molar-refractivity contribution is 0.0903. The molecule has 0 saturated heterocycles. The molecule has 0 aliphatic rings. The Morgan fingerprint density at radius 2 is 2.32 bits per heavy atom. The van der Waals surface area contributed by atoms with E-state index in [4.69, 9.17) is 20.8 Å². The molecule has 1 heterocycles. The second-order valence-corrected chi connectivity index (χ2v) is 4.11. The summed E-state index contributed by atoms with van der Waals surface area (Å²) in [4.78, 5) is 11.6. The van der Waals surface area contributed by atoms with E-state index in [9.17, 15) is 4.79 Å². The van der Waals surface area contributed by atoms with Crippen LogP contribution in [0.4, 0.5) is 0 Å². The SMILES string of the molecule is COCCNC(=O)c1nnc(-c2cccc(Cl)c2)o1. The van der Waals surface area contributed by atoms with Crippen LogP contribution in [0.3, 0.4) is 0 Å². The monoisotopic (exact) mass is 281 g/mol. The molecule has 1 aromatic carbocycles. The lowest BCUT2D eigenvalue weighted by Gasteiger charge is -1.99. The smallest absolute Gasteiger partial charge is 0.308 e. The van der Waals surface area contributed by atoms with Gasteiger partial charge >= 0.3 is 11.8 Å². The highest BCUT2D eigenvalue weighted by atomic mass is 35.5. The summed E-state index contributed by atoms with van der Waals surface area (Å²) in [5.74, 6) is -0.275. The summed E-state index contributed by atoms with van der Waals surface area (Å²) in [5, 5.41) is 10.6. The Bertz CT molecular complexity index is 571. The fourth-order valence-corrected chi connectivity index (χ4v) is 1.59. The fourth-order valence-electron chi connectivity index (χ4n) is 1.40. The van der Waals surface area contributed by atoms with E-state index in [-0.39, 0.29) is 11.8 Å². The van der Waals surface area contributed by atoms with Crippen LogP contribution in [0, 0.1) is 0 Å². The molecule has 0 aliphatic carbocycles. The molecule has 0 unspecified atom stereocenters. The number of nitrogens with one attached hydrogen (secondary N) is 1. The predicted octanol–water partition coefficient (Wildman–Crippen LogP) is 1.77. The number of benzene rings is 1. The zero-order chi connectivity index (χ0) is 13.7. The van der Waals surface area contributed by atoms with Crippen molar-refractivity contribution in [1.82, 2.24) is 15.5 Å². The molecule has 0 radical (unpaired) electrons. The van der Waals surface area contributed by atoms with Gasteiger partial charge in [-0.15, -0.1) is 10.2 Å². The average Bonchev–Trinajstić information content (AvgIpc) is 2.88. The van der Waals surface area contributed by atoms with Gasteiger partial charge in [0.15, 0.2) is 0 Å². The van der Waals surface area contributed by atoms with Crippen LogP contribution in [0.2, 0.25) is 5.02 Å². The number of carbonyl (C=O) groups is 1. The number of amides is 1. The first-order valence-corrected chi connectivity index (χ1v) is 5.95. The second-order valence-electron chi connectivity index (χ2n) is 3.67. The van der Waals surface area contributed by atoms with Gasteiger partial charge in [-0.1, -0.05) is 17.7 Å². The molecule has 0 aliphatic heterocycles. The summed E-state index contributed by atoms with van der Waals surface area (Å²) >= 11 is 5.87. The van der Waals surface area contributed by atoms with Gasteiger partial charge in [0.25, 0.3) is 0 Å². The van der Waals surface area contributed by atoms with E-state index in [2.05, 4.69) is 15.5 Å². The molecule has 2 rings (SSSR count). The maximum absolute atomic E-state index is 11.6. The van der Waals surface area contributed by atoms with Crippen LogP contribution in [0.25, 0.3) is 11.5 Å². The molecule has 0 spiro atoms. The number of carbonyl (C=O) groups excluding carboxylic acids is 1. The van der Waals surface area contributed by atoms with E-state index < -0.39 is 5.91 Å². The van der Waals surface area contributed by atoms with Crippen LogP contribution in [-0.2, 0) is 4.74 Å². The minimum atomic E-state index is -0.433. The van der Waals surface area contributed by atoms with Crippen LogP contribution >= 0.6 is 11.6 Å². The van der Waals surface area contributed by atoms with Crippen LogP contribution in [-0.4, -0.2) is 36.4 Å². The predicted molar refractivity (Wildman–Crippen MR) is 69.0 cm³/mol. The topological polar surface area (TPSA) is 77.2 Å². The summed E-state index contributed by atoms with van der Waals surface area (Å²) in [6, 6.07) is 6.95. The van der Waals surface area contributed by atoms with E-state index in [1.807, 2.05) is 0 Å². The minimum Gasteiger partial charge on any atom is -0.412 e. The molecule has 100 valence electrons. The second kappa shape index (κ2) is 6.31. The number of nitrogens with zero attached hydrogens (tertiary/aromatic N) is 2. The van der Waals surface area contributed by atoms with Crippen molar-refractivity contribution in [2.45, 2.75) is 0 Å². The zero-order valence-electron chi connectivity index (χ0n) is 10.2. The highest BCUT2D eigenvalue weighted by molar-refractivity contribution is 6.30. The summed E-state index contributed by atoms with van der Waals surface area (Å²) in [6.45, 7) is 0.797. The number of hydrogen-bond acceptors (Lipinski definition) is 5. The molecule has 19 heavy (non-hydrogen) atoms. The molecule has 0 saturated carbocycles. The molecule has 6 nitrogen and oxygen atoms in total. The number of rotatable bonds is 5. The number of aromatic nitrogens is 2. The number of ether oxygens (including phenoxy) is 1. The van der Waals surface area contributed by atoms with Crippen molar-refractivity contribution in [1.29, 1.82) is 0 Å². The largest absolute Gasteiger partial charge is 0.412 e. The number of halogens is 1. The van der Waals surface area contributed by atoms with Crippen molar-refractivity contribution in [3.63, 3.8) is 0 Å². The van der Waals surface area contributed by atoms with Gasteiger partial charge in [-0.25, -0.2) is 0 Å². The molecule has 7 heteroatoms. The van der Waals surface area contributed by atoms with Gasteiger partial charge in [0.2, 0.25) is 5.89 Å². The maximum atomic E-state index is 11.6. The Kier molecular flexibility index (Phi) is 4.48. The van der Waals surface area contributed by atoms with E-state index in [1.165, 1.54) is 0 Å². The third-order valence-corrected chi connectivity index (χ3v) is 2.52. The molecular weight excluding hydrogens is 270 g/mol. The van der Waals surface area contributed by atoms with Gasteiger partial charge in [-0.05, 0) is 18.2 Å². The van der Waals surface area contributed by atoms with Gasteiger partial charge < -0.3 is 14.5 Å². The van der Waals surface area contributed by atoms with E-state index in [0.717, 1.165) is 0 Å². The Morgan fingerprint density at radius 3 is 3.05 bits per heavy atom. The summed E-state index contributed by atoms with van der Waals surface area (Å²) < 4.78 is 10.1. The van der Waals surface area contributed by atoms with E-state index >= 15 is 0 Å². The highest BCUT2D eigenvalue weighted by Crippen LogP contribution is 2.21. The van der Waals surface area contributed by atoms with Crippen molar-refractivity contribution < 1.29 is 13.9 Å². The zero-order valence-corrected chi connectivity index (χ0v) is 11.0. The summed E-state index contributed by atoms with van der Waals surface area (Å²) in [6.07, 6.45) is 0. The molecule has 1 amide bonds. The van der Waals surface area contributed by atoms with Crippen molar-refractivity contribution >= 4 is 17.5 Å². The first kappa shape index (κ1) is 13.5. The molecular formula is C12H12ClN3O3. The molecule has 0 bridgehead atoms. The van der Waals surface area contributed by atoms with Crippen molar-refractivity contribution in [3.8, 4) is 11.5 Å². The van der Waals surface area contributed by atoms with Gasteiger partial charge in [-0.3, -0.25) is 4.79 Å². The van der Waals surface area contributed by atoms with Crippen molar-refractivity contribution in [2.75, 3.05) is 20.3 Å². The first-order valence-electron chi connectivity index (χ1n) is 5.57. The van der Waals surface area contributed by atoms with Crippen molar-refractivity contribution in [2.24, 2.45) is 0 Å². The average molecular weight is 282 g/mol. The molecule has 1 N–H and O–H groups in total. The van der Waals surface area contributed by atoms with E-state index in [1.54, 1.807) is 31.4 Å². The Morgan fingerprint density at radius 1 is 1.47 bits per heavy atom. The Hall–Kier alpha value is -1.92. The van der Waals surface area contributed by atoms with Crippen LogP contribution < -0.4 is 5.32 Å². The van der Waals surface area contributed by atoms with Gasteiger partial charge in [0, 0.05) is 24.2 Å². The van der Waals surface area contributed by atoms with Gasteiger partial charge in [-0.2, -0.15) is 0 Å². The van der Waals surface area contributed by atoms with Gasteiger partial charge in [0.05, 0.1) is 6.61 Å². The third-order valence-electron chi connectivity index (χ3n) is 2.28. The summed E-state index contributed by atoms with van der Waals surface area (Å²) in [7, 11) is 1.55. The highest BCUT2D eigenvalue weighted by Gasteiger charge is 2.15. The third kappa shape index (κ3) is 3.52. The minimum absolute atomic E-state index is 0.0916. The lowest BCUT2D eigenvalue weighted by atomic mass is 10.2. The first-order chi connectivity index (χ1) is 9.20. The van der Waals surface area contributed by atoms with Crippen LogP contribution in [0.1, 0.15) is 10.7 Å². The standard InChI is InChI=1S/C12H12ClN3O3/c1-18-6-5-14-10(17)12-16-15-11(19-12)8-3-2-4-9(13)7-8/h2-4,7H,5-6H2,1H3,(H,14,17). The molecule has 2 aromatic rings.